The average Bonchev–Trinajstić information content (AvgIpc) is 2.94. The minimum Gasteiger partial charge on any atom is -0.444 e. The number of rotatable bonds is 6. The first kappa shape index (κ1) is 11.7. The molecule has 0 unspecified atom stereocenters. The third-order valence-corrected chi connectivity index (χ3v) is 3.96. The van der Waals surface area contributed by atoms with Gasteiger partial charge in [-0.15, -0.1) is 11.3 Å². The molecule has 0 aliphatic carbocycles. The van der Waals surface area contributed by atoms with Gasteiger partial charge in [0, 0.05) is 5.75 Å². The van der Waals surface area contributed by atoms with E-state index in [1.807, 2.05) is 29.3 Å². The highest BCUT2D eigenvalue weighted by molar-refractivity contribution is 7.98. The second-order valence-corrected chi connectivity index (χ2v) is 5.37. The molecule has 0 aliphatic heterocycles. The van der Waals surface area contributed by atoms with Gasteiger partial charge in [0.2, 0.25) is 5.89 Å². The van der Waals surface area contributed by atoms with E-state index in [2.05, 4.69) is 4.98 Å². The molecular weight excluding hydrogens is 240 g/mol. The van der Waals surface area contributed by atoms with Gasteiger partial charge < -0.3 is 10.2 Å². The van der Waals surface area contributed by atoms with Crippen molar-refractivity contribution in [3.8, 4) is 10.8 Å². The van der Waals surface area contributed by atoms with Crippen molar-refractivity contribution < 1.29 is 4.42 Å². The van der Waals surface area contributed by atoms with E-state index in [9.17, 15) is 0 Å². The molecule has 0 spiro atoms. The molecule has 2 aromatic heterocycles. The van der Waals surface area contributed by atoms with E-state index in [1.54, 1.807) is 17.6 Å². The molecule has 2 aromatic rings. The van der Waals surface area contributed by atoms with Crippen LogP contribution in [0.2, 0.25) is 0 Å². The molecule has 0 bridgehead atoms. The molecule has 5 heteroatoms. The maximum absolute atomic E-state index is 5.43. The van der Waals surface area contributed by atoms with Crippen LogP contribution in [0.5, 0.6) is 0 Å². The smallest absolute Gasteiger partial charge is 0.236 e. The second kappa shape index (κ2) is 6.08. The van der Waals surface area contributed by atoms with Crippen LogP contribution < -0.4 is 5.73 Å². The monoisotopic (exact) mass is 254 g/mol. The minimum absolute atomic E-state index is 0.726. The number of hydrogen-bond acceptors (Lipinski definition) is 5. The summed E-state index contributed by atoms with van der Waals surface area (Å²) in [7, 11) is 0. The van der Waals surface area contributed by atoms with Crippen molar-refractivity contribution >= 4 is 23.1 Å². The Balaban J connectivity index is 1.88. The van der Waals surface area contributed by atoms with Crippen molar-refractivity contribution in [2.45, 2.75) is 12.2 Å². The molecule has 0 saturated carbocycles. The Morgan fingerprint density at radius 2 is 2.44 bits per heavy atom. The van der Waals surface area contributed by atoms with Crippen LogP contribution in [0.3, 0.4) is 0 Å². The SMILES string of the molecule is NCCCSCc1coc(-c2cccs2)n1. The molecule has 16 heavy (non-hydrogen) atoms. The Bertz CT molecular complexity index is 411. The predicted molar refractivity (Wildman–Crippen MR) is 69.6 cm³/mol. The van der Waals surface area contributed by atoms with Crippen molar-refractivity contribution in [2.24, 2.45) is 5.73 Å². The van der Waals surface area contributed by atoms with E-state index in [0.29, 0.717) is 0 Å². The zero-order valence-corrected chi connectivity index (χ0v) is 10.5. The Morgan fingerprint density at radius 1 is 1.50 bits per heavy atom. The summed E-state index contributed by atoms with van der Waals surface area (Å²) in [4.78, 5) is 5.52. The number of aromatic nitrogens is 1. The van der Waals surface area contributed by atoms with E-state index < -0.39 is 0 Å². The highest BCUT2D eigenvalue weighted by Crippen LogP contribution is 2.24. The van der Waals surface area contributed by atoms with Crippen LogP contribution in [0.15, 0.2) is 28.2 Å². The third kappa shape index (κ3) is 3.10. The van der Waals surface area contributed by atoms with Crippen LogP contribution in [-0.2, 0) is 5.75 Å². The number of nitrogens with zero attached hydrogens (tertiary/aromatic N) is 1. The molecular formula is C11H14N2OS2. The molecule has 0 fully saturated rings. The van der Waals surface area contributed by atoms with Crippen molar-refractivity contribution in [2.75, 3.05) is 12.3 Å². The first-order valence-corrected chi connectivity index (χ1v) is 7.19. The largest absolute Gasteiger partial charge is 0.444 e. The van der Waals surface area contributed by atoms with E-state index in [4.69, 9.17) is 10.2 Å². The van der Waals surface area contributed by atoms with Gasteiger partial charge in [-0.2, -0.15) is 11.8 Å². The highest BCUT2D eigenvalue weighted by atomic mass is 32.2. The zero-order valence-electron chi connectivity index (χ0n) is 8.89. The Kier molecular flexibility index (Phi) is 4.44. The summed E-state index contributed by atoms with van der Waals surface area (Å²) in [5.74, 6) is 2.71. The molecule has 3 nitrogen and oxygen atoms in total. The summed E-state index contributed by atoms with van der Waals surface area (Å²) < 4.78 is 5.43. The normalized spacial score (nSPS) is 10.8. The quantitative estimate of drug-likeness (QED) is 0.805. The van der Waals surface area contributed by atoms with Gasteiger partial charge in [-0.25, -0.2) is 4.98 Å². The summed E-state index contributed by atoms with van der Waals surface area (Å²) >= 11 is 3.48. The lowest BCUT2D eigenvalue weighted by molar-refractivity contribution is 0.575. The molecule has 2 N–H and O–H groups in total. The number of thiophene rings is 1. The first-order valence-electron chi connectivity index (χ1n) is 5.16. The first-order chi connectivity index (χ1) is 7.90. The van der Waals surface area contributed by atoms with Gasteiger partial charge in [-0.3, -0.25) is 0 Å². The Hall–Kier alpha value is -0.780. The molecule has 0 atom stereocenters. The molecule has 2 rings (SSSR count). The van der Waals surface area contributed by atoms with Crippen LogP contribution in [-0.4, -0.2) is 17.3 Å². The van der Waals surface area contributed by atoms with E-state index in [1.165, 1.54) is 0 Å². The second-order valence-electron chi connectivity index (χ2n) is 3.32. The van der Waals surface area contributed by atoms with Crippen molar-refractivity contribution in [3.63, 3.8) is 0 Å². The summed E-state index contributed by atoms with van der Waals surface area (Å²) in [6.45, 7) is 0.756. The maximum Gasteiger partial charge on any atom is 0.236 e. The van der Waals surface area contributed by atoms with Crippen molar-refractivity contribution in [1.82, 2.24) is 4.98 Å². The van der Waals surface area contributed by atoms with E-state index in [0.717, 1.165) is 40.9 Å². The molecule has 2 heterocycles. The van der Waals surface area contributed by atoms with Gasteiger partial charge >= 0.3 is 0 Å². The molecule has 0 aromatic carbocycles. The Morgan fingerprint density at radius 3 is 3.19 bits per heavy atom. The minimum atomic E-state index is 0.726. The van der Waals surface area contributed by atoms with Crippen LogP contribution in [0.25, 0.3) is 10.8 Å². The van der Waals surface area contributed by atoms with Gasteiger partial charge in [0.1, 0.15) is 6.26 Å². The lowest BCUT2D eigenvalue weighted by Crippen LogP contribution is -1.99. The van der Waals surface area contributed by atoms with Crippen molar-refractivity contribution in [3.05, 3.63) is 29.5 Å². The highest BCUT2D eigenvalue weighted by Gasteiger charge is 2.06. The van der Waals surface area contributed by atoms with Gasteiger partial charge in [0.15, 0.2) is 0 Å². The van der Waals surface area contributed by atoms with E-state index >= 15 is 0 Å². The third-order valence-electron chi connectivity index (χ3n) is 2.03. The van der Waals surface area contributed by atoms with Gasteiger partial charge in [0.05, 0.1) is 10.6 Å². The molecule has 0 aliphatic rings. The molecule has 0 saturated heterocycles. The predicted octanol–water partition coefficient (Wildman–Crippen LogP) is 2.99. The number of nitrogens with two attached hydrogens (primary N) is 1. The fourth-order valence-corrected chi connectivity index (χ4v) is 2.76. The maximum atomic E-state index is 5.43. The van der Waals surface area contributed by atoms with E-state index in [-0.39, 0.29) is 0 Å². The van der Waals surface area contributed by atoms with Crippen LogP contribution in [0.4, 0.5) is 0 Å². The lowest BCUT2D eigenvalue weighted by atomic mass is 10.5. The summed E-state index contributed by atoms with van der Waals surface area (Å²) in [6, 6.07) is 4.02. The topological polar surface area (TPSA) is 52.0 Å². The summed E-state index contributed by atoms with van der Waals surface area (Å²) in [5.41, 5.74) is 6.44. The summed E-state index contributed by atoms with van der Waals surface area (Å²) in [6.07, 6.45) is 2.80. The lowest BCUT2D eigenvalue weighted by Gasteiger charge is -1.95. The van der Waals surface area contributed by atoms with Crippen LogP contribution >= 0.6 is 23.1 Å². The molecule has 0 amide bonds. The van der Waals surface area contributed by atoms with Gasteiger partial charge in [0.25, 0.3) is 0 Å². The van der Waals surface area contributed by atoms with Crippen LogP contribution in [0, 0.1) is 0 Å². The molecule has 0 radical (unpaired) electrons. The molecule has 86 valence electrons. The fourth-order valence-electron chi connectivity index (χ4n) is 1.25. The zero-order chi connectivity index (χ0) is 11.2. The number of hydrogen-bond donors (Lipinski definition) is 1. The number of oxazole rings is 1. The summed E-state index contributed by atoms with van der Waals surface area (Å²) in [5, 5.41) is 2.02. The van der Waals surface area contributed by atoms with Gasteiger partial charge in [-0.1, -0.05) is 6.07 Å². The Labute approximate surface area is 103 Å². The fraction of sp³-hybridized carbons (Fsp3) is 0.364. The van der Waals surface area contributed by atoms with Gasteiger partial charge in [-0.05, 0) is 30.2 Å². The average molecular weight is 254 g/mol. The van der Waals surface area contributed by atoms with Crippen molar-refractivity contribution in [1.29, 1.82) is 0 Å². The van der Waals surface area contributed by atoms with Crippen LogP contribution in [0.1, 0.15) is 12.1 Å². The number of thioether (sulfide) groups is 1. The standard InChI is InChI=1S/C11H14N2OS2/c12-4-2-5-15-8-9-7-14-11(13-9)10-3-1-6-16-10/h1,3,6-7H,2,4-5,8,12H2.